The number of carbonyl (C=O) groups is 1. The second-order valence-electron chi connectivity index (χ2n) is 6.27. The van der Waals surface area contributed by atoms with E-state index in [0.29, 0.717) is 25.3 Å². The van der Waals surface area contributed by atoms with E-state index in [4.69, 9.17) is 0 Å². The van der Waals surface area contributed by atoms with Gasteiger partial charge in [-0.25, -0.2) is 4.98 Å². The van der Waals surface area contributed by atoms with E-state index >= 15 is 0 Å². The minimum Gasteiger partial charge on any atom is -0.334 e. The van der Waals surface area contributed by atoms with E-state index < -0.39 is 0 Å². The topological polar surface area (TPSA) is 55.2 Å². The summed E-state index contributed by atoms with van der Waals surface area (Å²) in [6.45, 7) is 3.55. The lowest BCUT2D eigenvalue weighted by molar-refractivity contribution is 0.0732. The van der Waals surface area contributed by atoms with Crippen molar-refractivity contribution in [2.75, 3.05) is 6.54 Å². The van der Waals surface area contributed by atoms with Crippen LogP contribution in [-0.4, -0.2) is 26.9 Å². The molecule has 2 aromatic heterocycles. The molecule has 25 heavy (non-hydrogen) atoms. The largest absolute Gasteiger partial charge is 0.334 e. The fourth-order valence-corrected chi connectivity index (χ4v) is 3.49. The second-order valence-corrected chi connectivity index (χ2v) is 6.27. The van der Waals surface area contributed by atoms with Crippen LogP contribution in [0.1, 0.15) is 28.4 Å². The van der Waals surface area contributed by atoms with Gasteiger partial charge in [0.05, 0.1) is 0 Å². The van der Waals surface area contributed by atoms with E-state index in [1.165, 1.54) is 5.56 Å². The van der Waals surface area contributed by atoms with Gasteiger partial charge < -0.3 is 4.90 Å². The summed E-state index contributed by atoms with van der Waals surface area (Å²) in [5.41, 5.74) is 3.01. The summed E-state index contributed by atoms with van der Waals surface area (Å²) in [5.74, 6) is -0.201. The van der Waals surface area contributed by atoms with Crippen molar-refractivity contribution in [3.8, 4) is 0 Å². The molecule has 5 nitrogen and oxygen atoms in total. The van der Waals surface area contributed by atoms with Gasteiger partial charge in [0.25, 0.3) is 11.5 Å². The van der Waals surface area contributed by atoms with Gasteiger partial charge in [0.15, 0.2) is 0 Å². The highest BCUT2D eigenvalue weighted by atomic mass is 16.2. The number of hydrogen-bond acceptors (Lipinski definition) is 3. The van der Waals surface area contributed by atoms with Crippen molar-refractivity contribution in [3.63, 3.8) is 0 Å². The first-order valence-corrected chi connectivity index (χ1v) is 8.53. The molecule has 0 unspecified atom stereocenters. The molecule has 0 spiro atoms. The van der Waals surface area contributed by atoms with Gasteiger partial charge in [-0.05, 0) is 42.7 Å². The van der Waals surface area contributed by atoms with E-state index in [0.717, 1.165) is 17.4 Å². The number of nitrogens with zero attached hydrogens (tertiary/aromatic N) is 3. The Hall–Kier alpha value is -2.95. The third-order valence-corrected chi connectivity index (χ3v) is 4.81. The monoisotopic (exact) mass is 333 g/mol. The van der Waals surface area contributed by atoms with Crippen LogP contribution in [0.3, 0.4) is 0 Å². The molecule has 1 aliphatic heterocycles. The van der Waals surface area contributed by atoms with Gasteiger partial charge in [-0.3, -0.25) is 14.2 Å². The zero-order valence-electron chi connectivity index (χ0n) is 14.1. The van der Waals surface area contributed by atoms with Crippen LogP contribution in [0.5, 0.6) is 0 Å². The molecule has 5 heteroatoms. The van der Waals surface area contributed by atoms with E-state index in [9.17, 15) is 9.59 Å². The van der Waals surface area contributed by atoms with Crippen LogP contribution >= 0.6 is 0 Å². The van der Waals surface area contributed by atoms with Crippen LogP contribution in [0.15, 0.2) is 53.5 Å². The summed E-state index contributed by atoms with van der Waals surface area (Å²) >= 11 is 0. The normalized spacial score (nSPS) is 13.7. The first kappa shape index (κ1) is 15.6. The van der Waals surface area contributed by atoms with E-state index in [2.05, 4.69) is 11.1 Å². The number of pyridine rings is 2. The molecule has 3 aromatic rings. The number of fused-ring (bicyclic) bond motifs is 2. The smallest absolute Gasteiger partial charge is 0.265 e. The van der Waals surface area contributed by atoms with Gasteiger partial charge in [0, 0.05) is 31.2 Å². The fraction of sp³-hybridized carbons (Fsp3) is 0.250. The van der Waals surface area contributed by atoms with E-state index in [1.807, 2.05) is 37.3 Å². The summed E-state index contributed by atoms with van der Waals surface area (Å²) in [7, 11) is 0. The average molecular weight is 333 g/mol. The number of aromatic nitrogens is 2. The maximum absolute atomic E-state index is 13.0. The molecule has 0 radical (unpaired) electrons. The Balaban J connectivity index is 1.76. The number of aryl methyl sites for hydroxylation is 1. The zero-order chi connectivity index (χ0) is 17.4. The fourth-order valence-electron chi connectivity index (χ4n) is 3.49. The maximum Gasteiger partial charge on any atom is 0.265 e. The SMILES string of the molecule is CCn1c(=O)c(C(=O)N2CCc3ccccc3C2)cc2cccnc21. The van der Waals surface area contributed by atoms with Crippen LogP contribution in [0.2, 0.25) is 0 Å². The Labute approximate surface area is 145 Å². The lowest BCUT2D eigenvalue weighted by Gasteiger charge is -2.29. The zero-order valence-corrected chi connectivity index (χ0v) is 14.1. The summed E-state index contributed by atoms with van der Waals surface area (Å²) in [5, 5.41) is 0.810. The van der Waals surface area contributed by atoms with Crippen molar-refractivity contribution >= 4 is 16.9 Å². The summed E-state index contributed by atoms with van der Waals surface area (Å²) < 4.78 is 1.57. The molecule has 1 aliphatic rings. The molecule has 0 fully saturated rings. The molecule has 126 valence electrons. The Kier molecular flexibility index (Phi) is 3.84. The first-order chi connectivity index (χ1) is 12.2. The van der Waals surface area contributed by atoms with E-state index in [1.54, 1.807) is 21.7 Å². The van der Waals surface area contributed by atoms with Crippen LogP contribution in [0.4, 0.5) is 0 Å². The number of rotatable bonds is 2. The molecule has 4 rings (SSSR count). The predicted octanol–water partition coefficient (Wildman–Crippen LogP) is 2.61. The van der Waals surface area contributed by atoms with Crippen LogP contribution in [-0.2, 0) is 19.5 Å². The van der Waals surface area contributed by atoms with Gasteiger partial charge in [-0.15, -0.1) is 0 Å². The minimum absolute atomic E-state index is 0.201. The Morgan fingerprint density at radius 2 is 1.96 bits per heavy atom. The molecule has 0 saturated heterocycles. The summed E-state index contributed by atoms with van der Waals surface area (Å²) in [6, 6.07) is 13.5. The average Bonchev–Trinajstić information content (AvgIpc) is 2.66. The van der Waals surface area contributed by atoms with Gasteiger partial charge in [-0.2, -0.15) is 0 Å². The van der Waals surface area contributed by atoms with Crippen molar-refractivity contribution in [2.24, 2.45) is 0 Å². The lowest BCUT2D eigenvalue weighted by Crippen LogP contribution is -2.39. The molecule has 0 aliphatic carbocycles. The highest BCUT2D eigenvalue weighted by Gasteiger charge is 2.24. The number of hydrogen-bond donors (Lipinski definition) is 0. The number of amides is 1. The molecule has 0 N–H and O–H groups in total. The van der Waals surface area contributed by atoms with E-state index in [-0.39, 0.29) is 17.0 Å². The quantitative estimate of drug-likeness (QED) is 0.724. The molecule has 0 bridgehead atoms. The molecule has 1 aromatic carbocycles. The van der Waals surface area contributed by atoms with Gasteiger partial charge in [-0.1, -0.05) is 24.3 Å². The minimum atomic E-state index is -0.266. The van der Waals surface area contributed by atoms with Crippen LogP contribution < -0.4 is 5.56 Å². The Bertz CT molecular complexity index is 1020. The van der Waals surface area contributed by atoms with Crippen molar-refractivity contribution in [2.45, 2.75) is 26.4 Å². The van der Waals surface area contributed by atoms with Gasteiger partial charge >= 0.3 is 0 Å². The Morgan fingerprint density at radius 3 is 2.76 bits per heavy atom. The lowest BCUT2D eigenvalue weighted by atomic mass is 9.99. The van der Waals surface area contributed by atoms with Gasteiger partial charge in [0.1, 0.15) is 11.2 Å². The van der Waals surface area contributed by atoms with Crippen LogP contribution in [0.25, 0.3) is 11.0 Å². The molecule has 0 saturated carbocycles. The molecular weight excluding hydrogens is 314 g/mol. The second kappa shape index (κ2) is 6.16. The van der Waals surface area contributed by atoms with Crippen molar-refractivity contribution in [1.82, 2.24) is 14.5 Å². The molecule has 3 heterocycles. The highest BCUT2D eigenvalue weighted by Crippen LogP contribution is 2.20. The molecule has 0 atom stereocenters. The first-order valence-electron chi connectivity index (χ1n) is 8.53. The van der Waals surface area contributed by atoms with Gasteiger partial charge in [0.2, 0.25) is 0 Å². The van der Waals surface area contributed by atoms with Crippen molar-refractivity contribution in [1.29, 1.82) is 0 Å². The number of benzene rings is 1. The maximum atomic E-state index is 13.0. The van der Waals surface area contributed by atoms with Crippen LogP contribution in [0, 0.1) is 0 Å². The van der Waals surface area contributed by atoms with Crippen molar-refractivity contribution < 1.29 is 4.79 Å². The highest BCUT2D eigenvalue weighted by molar-refractivity contribution is 5.97. The molecular formula is C20H19N3O2. The summed E-state index contributed by atoms with van der Waals surface area (Å²) in [4.78, 5) is 31.9. The Morgan fingerprint density at radius 1 is 1.16 bits per heavy atom. The standard InChI is InChI=1S/C20H19N3O2/c1-2-23-18-15(8-5-10-21-18)12-17(20(23)25)19(24)22-11-9-14-6-3-4-7-16(14)13-22/h3-8,10,12H,2,9,11,13H2,1H3. The third kappa shape index (κ3) is 2.61. The summed E-state index contributed by atoms with van der Waals surface area (Å²) in [6.07, 6.45) is 2.48. The number of carbonyl (C=O) groups excluding carboxylic acids is 1. The van der Waals surface area contributed by atoms with Crippen molar-refractivity contribution in [3.05, 3.63) is 75.7 Å². The third-order valence-electron chi connectivity index (χ3n) is 4.81. The molecule has 1 amide bonds. The predicted molar refractivity (Wildman–Crippen MR) is 96.6 cm³/mol.